The number of hydrogen-bond acceptors (Lipinski definition) is 5. The number of hydrogen-bond donors (Lipinski definition) is 0. The molecule has 5 rings (SSSR count). The molecule has 1 aliphatic carbocycles. The van der Waals surface area contributed by atoms with Crippen LogP contribution in [0, 0.1) is 12.8 Å². The van der Waals surface area contributed by atoms with Crippen LogP contribution in [0.1, 0.15) is 79.8 Å². The first kappa shape index (κ1) is 28.1. The molecule has 1 fully saturated rings. The SMILES string of the molecule is Cc1cccc2c1N(C(=O)C1CCCCC1)CCCN(C(C)C)CCN(C(=O)c1ccc(Cn3ccnc3)o1)C2. The van der Waals surface area contributed by atoms with Gasteiger partial charge in [-0.1, -0.05) is 37.5 Å². The Balaban J connectivity index is 1.46. The highest BCUT2D eigenvalue weighted by Crippen LogP contribution is 2.33. The van der Waals surface area contributed by atoms with Crippen molar-refractivity contribution in [2.24, 2.45) is 5.92 Å². The van der Waals surface area contributed by atoms with E-state index in [1.54, 1.807) is 18.6 Å². The van der Waals surface area contributed by atoms with E-state index >= 15 is 0 Å². The number of aryl methyl sites for hydroxylation is 1. The normalized spacial score (nSPS) is 18.0. The Hall–Kier alpha value is -3.39. The summed E-state index contributed by atoms with van der Waals surface area (Å²) in [5.41, 5.74) is 3.07. The number of rotatable bonds is 5. The van der Waals surface area contributed by atoms with Gasteiger partial charge in [-0.05, 0) is 63.3 Å². The van der Waals surface area contributed by atoms with E-state index in [0.29, 0.717) is 43.7 Å². The van der Waals surface area contributed by atoms with Crippen LogP contribution in [-0.4, -0.2) is 63.4 Å². The van der Waals surface area contributed by atoms with Gasteiger partial charge in [-0.25, -0.2) is 4.98 Å². The standard InChI is InChI=1S/C32H43N5O3/c1-24(2)35-16-8-17-37(31(38)26-10-5-4-6-11-26)30-25(3)9-7-12-27(30)21-36(20-19-35)32(39)29-14-13-28(40-29)22-34-18-15-33-23-34/h7,9,12-15,18,23-24,26H,4-6,8,10-11,16-17,19-22H2,1-3H3. The summed E-state index contributed by atoms with van der Waals surface area (Å²) in [5.74, 6) is 1.26. The molecule has 0 radical (unpaired) electrons. The Morgan fingerprint density at radius 1 is 1.00 bits per heavy atom. The highest BCUT2D eigenvalue weighted by Gasteiger charge is 2.31. The Kier molecular flexibility index (Phi) is 9.04. The average molecular weight is 546 g/mol. The number of carbonyl (C=O) groups is 2. The fourth-order valence-electron chi connectivity index (χ4n) is 6.20. The second-order valence-corrected chi connectivity index (χ2v) is 11.6. The summed E-state index contributed by atoms with van der Waals surface area (Å²) in [6.07, 6.45) is 11.6. The Morgan fingerprint density at radius 3 is 2.58 bits per heavy atom. The Morgan fingerprint density at radius 2 is 1.82 bits per heavy atom. The van der Waals surface area contributed by atoms with Crippen molar-refractivity contribution in [2.75, 3.05) is 31.1 Å². The van der Waals surface area contributed by atoms with Crippen LogP contribution in [-0.2, 0) is 17.9 Å². The van der Waals surface area contributed by atoms with E-state index in [-0.39, 0.29) is 17.7 Å². The zero-order valence-corrected chi connectivity index (χ0v) is 24.2. The van der Waals surface area contributed by atoms with Crippen molar-refractivity contribution in [1.29, 1.82) is 0 Å². The first-order chi connectivity index (χ1) is 19.4. The number of nitrogens with zero attached hydrogens (tertiary/aromatic N) is 5. The third kappa shape index (κ3) is 6.49. The molecule has 0 N–H and O–H groups in total. The summed E-state index contributed by atoms with van der Waals surface area (Å²) in [4.78, 5) is 38.4. The molecule has 2 amide bonds. The van der Waals surface area contributed by atoms with Gasteiger partial charge in [0.1, 0.15) is 5.76 Å². The molecule has 8 heteroatoms. The van der Waals surface area contributed by atoms with Crippen LogP contribution in [0.4, 0.5) is 5.69 Å². The molecule has 1 aromatic carbocycles. The maximum Gasteiger partial charge on any atom is 0.289 e. The highest BCUT2D eigenvalue weighted by atomic mass is 16.4. The van der Waals surface area contributed by atoms with E-state index < -0.39 is 0 Å². The van der Waals surface area contributed by atoms with E-state index in [0.717, 1.165) is 62.0 Å². The molecule has 8 nitrogen and oxygen atoms in total. The summed E-state index contributed by atoms with van der Waals surface area (Å²) in [5, 5.41) is 0. The van der Waals surface area contributed by atoms with E-state index in [4.69, 9.17) is 4.42 Å². The molecule has 1 saturated carbocycles. The van der Waals surface area contributed by atoms with Crippen LogP contribution in [0.5, 0.6) is 0 Å². The van der Waals surface area contributed by atoms with E-state index in [1.165, 1.54) is 6.42 Å². The van der Waals surface area contributed by atoms with Crippen LogP contribution in [0.15, 0.2) is 53.5 Å². The van der Waals surface area contributed by atoms with E-state index in [9.17, 15) is 9.59 Å². The molecule has 1 aliphatic heterocycles. The molecule has 214 valence electrons. The lowest BCUT2D eigenvalue weighted by Gasteiger charge is -2.33. The van der Waals surface area contributed by atoms with Gasteiger partial charge in [-0.15, -0.1) is 0 Å². The quantitative estimate of drug-likeness (QED) is 0.423. The molecular formula is C32H43N5O3. The third-order valence-electron chi connectivity index (χ3n) is 8.44. The van der Waals surface area contributed by atoms with Gasteiger partial charge in [0, 0.05) is 57.1 Å². The lowest BCUT2D eigenvalue weighted by molar-refractivity contribution is -0.123. The second-order valence-electron chi connectivity index (χ2n) is 11.6. The second kappa shape index (κ2) is 12.9. The smallest absolute Gasteiger partial charge is 0.289 e. The molecule has 40 heavy (non-hydrogen) atoms. The number of carbonyl (C=O) groups excluding carboxylic acids is 2. The first-order valence-corrected chi connectivity index (χ1v) is 14.9. The molecule has 2 aliphatic rings. The number of benzene rings is 1. The predicted molar refractivity (Wildman–Crippen MR) is 156 cm³/mol. The van der Waals surface area contributed by atoms with E-state index in [2.05, 4.69) is 47.7 Å². The number of imidazole rings is 1. The minimum Gasteiger partial charge on any atom is -0.454 e. The summed E-state index contributed by atoms with van der Waals surface area (Å²) in [6.45, 7) is 10.4. The first-order valence-electron chi connectivity index (χ1n) is 14.9. The lowest BCUT2D eigenvalue weighted by atomic mass is 9.87. The van der Waals surface area contributed by atoms with Crippen molar-refractivity contribution >= 4 is 17.5 Å². The van der Waals surface area contributed by atoms with Gasteiger partial charge in [-0.3, -0.25) is 14.5 Å². The zero-order valence-electron chi connectivity index (χ0n) is 24.2. The summed E-state index contributed by atoms with van der Waals surface area (Å²) in [6, 6.07) is 10.2. The Bertz CT molecular complexity index is 1280. The summed E-state index contributed by atoms with van der Waals surface area (Å²) in [7, 11) is 0. The van der Waals surface area contributed by atoms with Crippen molar-refractivity contribution < 1.29 is 14.0 Å². The molecule has 2 aromatic heterocycles. The summed E-state index contributed by atoms with van der Waals surface area (Å²) >= 11 is 0. The monoisotopic (exact) mass is 545 g/mol. The van der Waals surface area contributed by atoms with Crippen LogP contribution >= 0.6 is 0 Å². The van der Waals surface area contributed by atoms with Crippen molar-refractivity contribution in [3.63, 3.8) is 0 Å². The minimum atomic E-state index is -0.127. The average Bonchev–Trinajstić information content (AvgIpc) is 3.64. The van der Waals surface area contributed by atoms with Gasteiger partial charge < -0.3 is 18.8 Å². The number of furan rings is 1. The molecule has 0 spiro atoms. The van der Waals surface area contributed by atoms with Crippen molar-refractivity contribution in [3.05, 3.63) is 71.7 Å². The van der Waals surface area contributed by atoms with Gasteiger partial charge >= 0.3 is 0 Å². The predicted octanol–water partition coefficient (Wildman–Crippen LogP) is 5.50. The number of fused-ring (bicyclic) bond motifs is 1. The van der Waals surface area contributed by atoms with Gasteiger partial charge in [-0.2, -0.15) is 0 Å². The van der Waals surface area contributed by atoms with Gasteiger partial charge in [0.15, 0.2) is 5.76 Å². The number of para-hydroxylation sites is 1. The van der Waals surface area contributed by atoms with Crippen LogP contribution < -0.4 is 4.90 Å². The van der Waals surface area contributed by atoms with Crippen molar-refractivity contribution in [1.82, 2.24) is 19.4 Å². The summed E-state index contributed by atoms with van der Waals surface area (Å²) < 4.78 is 7.95. The minimum absolute atomic E-state index is 0.0855. The van der Waals surface area contributed by atoms with Crippen LogP contribution in [0.25, 0.3) is 0 Å². The van der Waals surface area contributed by atoms with Crippen LogP contribution in [0.2, 0.25) is 0 Å². The maximum absolute atomic E-state index is 14.0. The fraction of sp³-hybridized carbons (Fsp3) is 0.531. The number of aromatic nitrogens is 2. The third-order valence-corrected chi connectivity index (χ3v) is 8.44. The number of amides is 2. The Labute approximate surface area is 238 Å². The molecule has 3 aromatic rings. The number of anilines is 1. The van der Waals surface area contributed by atoms with Gasteiger partial charge in [0.25, 0.3) is 5.91 Å². The molecule has 3 heterocycles. The van der Waals surface area contributed by atoms with E-state index in [1.807, 2.05) is 27.8 Å². The molecular weight excluding hydrogens is 502 g/mol. The van der Waals surface area contributed by atoms with Crippen LogP contribution in [0.3, 0.4) is 0 Å². The molecule has 0 bridgehead atoms. The fourth-order valence-corrected chi connectivity index (χ4v) is 6.20. The van der Waals surface area contributed by atoms with Gasteiger partial charge in [0.05, 0.1) is 18.6 Å². The highest BCUT2D eigenvalue weighted by molar-refractivity contribution is 5.97. The zero-order chi connectivity index (χ0) is 28.1. The van der Waals surface area contributed by atoms with Crippen molar-refractivity contribution in [2.45, 2.75) is 78.4 Å². The molecule has 0 unspecified atom stereocenters. The topological polar surface area (TPSA) is 74.8 Å². The van der Waals surface area contributed by atoms with Gasteiger partial charge in [0.2, 0.25) is 5.91 Å². The largest absolute Gasteiger partial charge is 0.454 e. The molecule has 0 saturated heterocycles. The van der Waals surface area contributed by atoms with Crippen molar-refractivity contribution in [3.8, 4) is 0 Å². The lowest BCUT2D eigenvalue weighted by Crippen LogP contribution is -2.41. The maximum atomic E-state index is 14.0. The molecule has 0 atom stereocenters.